The molecule has 0 fully saturated rings. The summed E-state index contributed by atoms with van der Waals surface area (Å²) < 4.78 is 41.2. The van der Waals surface area contributed by atoms with E-state index in [1.807, 2.05) is 18.2 Å². The summed E-state index contributed by atoms with van der Waals surface area (Å²) in [6, 6.07) is 12.7. The summed E-state index contributed by atoms with van der Waals surface area (Å²) >= 11 is 0. The van der Waals surface area contributed by atoms with E-state index in [4.69, 9.17) is 0 Å². The maximum Gasteiger partial charge on any atom is 0.433 e. The van der Waals surface area contributed by atoms with E-state index in [0.29, 0.717) is 18.9 Å². The molecule has 0 saturated heterocycles. The van der Waals surface area contributed by atoms with E-state index in [9.17, 15) is 13.2 Å². The Bertz CT molecular complexity index is 1010. The van der Waals surface area contributed by atoms with Crippen molar-refractivity contribution in [3.8, 4) is 0 Å². The number of pyridine rings is 1. The number of aromatic nitrogens is 4. The third-order valence-corrected chi connectivity index (χ3v) is 5.18. The normalized spacial score (nSPS) is 14.6. The van der Waals surface area contributed by atoms with E-state index in [0.717, 1.165) is 42.8 Å². The van der Waals surface area contributed by atoms with E-state index in [1.54, 1.807) is 19.0 Å². The standard InChI is InChI=1S/C21H23F3N6/c1-28(2)20-16(8-9-17(25-20)21(22,23)24)13-29-10-11-30-18(26-27-19(30)14-29)12-15-6-4-3-5-7-15/h3-9H,10-14H2,1-2H3. The van der Waals surface area contributed by atoms with Gasteiger partial charge in [0.05, 0.1) is 6.54 Å². The molecule has 0 N–H and O–H groups in total. The van der Waals surface area contributed by atoms with Crippen molar-refractivity contribution in [2.45, 2.75) is 32.2 Å². The van der Waals surface area contributed by atoms with Gasteiger partial charge in [-0.3, -0.25) is 4.90 Å². The summed E-state index contributed by atoms with van der Waals surface area (Å²) in [5.74, 6) is 2.14. The smallest absolute Gasteiger partial charge is 0.362 e. The molecule has 0 spiro atoms. The molecule has 3 aromatic rings. The van der Waals surface area contributed by atoms with Crippen LogP contribution in [0.15, 0.2) is 42.5 Å². The van der Waals surface area contributed by atoms with Crippen molar-refractivity contribution >= 4 is 5.82 Å². The highest BCUT2D eigenvalue weighted by molar-refractivity contribution is 5.47. The molecule has 6 nitrogen and oxygen atoms in total. The number of halogens is 3. The summed E-state index contributed by atoms with van der Waals surface area (Å²) in [7, 11) is 3.41. The zero-order chi connectivity index (χ0) is 21.3. The SMILES string of the molecule is CN(C)c1nc(C(F)(F)F)ccc1CN1CCn2c(Cc3ccccc3)nnc2C1. The number of benzene rings is 1. The van der Waals surface area contributed by atoms with Gasteiger partial charge in [-0.05, 0) is 11.6 Å². The van der Waals surface area contributed by atoms with Crippen LogP contribution < -0.4 is 4.90 Å². The van der Waals surface area contributed by atoms with E-state index < -0.39 is 11.9 Å². The lowest BCUT2D eigenvalue weighted by molar-refractivity contribution is -0.141. The number of hydrogen-bond donors (Lipinski definition) is 0. The lowest BCUT2D eigenvalue weighted by Crippen LogP contribution is -2.34. The van der Waals surface area contributed by atoms with Gasteiger partial charge in [0.15, 0.2) is 0 Å². The van der Waals surface area contributed by atoms with Gasteiger partial charge in [0.2, 0.25) is 0 Å². The van der Waals surface area contributed by atoms with Gasteiger partial charge in [0.25, 0.3) is 0 Å². The third-order valence-electron chi connectivity index (χ3n) is 5.18. The Morgan fingerprint density at radius 3 is 2.47 bits per heavy atom. The zero-order valence-corrected chi connectivity index (χ0v) is 16.9. The molecule has 30 heavy (non-hydrogen) atoms. The molecule has 9 heteroatoms. The summed E-state index contributed by atoms with van der Waals surface area (Å²) in [5, 5.41) is 8.70. The predicted molar refractivity (Wildman–Crippen MR) is 107 cm³/mol. The average molecular weight is 416 g/mol. The fourth-order valence-electron chi connectivity index (χ4n) is 3.70. The Morgan fingerprint density at radius 2 is 1.77 bits per heavy atom. The van der Waals surface area contributed by atoms with Crippen LogP contribution in [0.3, 0.4) is 0 Å². The lowest BCUT2D eigenvalue weighted by Gasteiger charge is -2.29. The van der Waals surface area contributed by atoms with Crippen LogP contribution in [0.5, 0.6) is 0 Å². The summed E-state index contributed by atoms with van der Waals surface area (Å²) in [6.07, 6.45) is -3.73. The predicted octanol–water partition coefficient (Wildman–Crippen LogP) is 3.36. The first-order chi connectivity index (χ1) is 14.3. The van der Waals surface area contributed by atoms with Gasteiger partial charge in [0.1, 0.15) is 23.2 Å². The molecule has 0 amide bonds. The molecular formula is C21H23F3N6. The molecule has 1 aliphatic heterocycles. The Balaban J connectivity index is 1.50. The van der Waals surface area contributed by atoms with Gasteiger partial charge >= 0.3 is 6.18 Å². The van der Waals surface area contributed by atoms with Crippen molar-refractivity contribution in [2.24, 2.45) is 0 Å². The minimum Gasteiger partial charge on any atom is -0.362 e. The number of anilines is 1. The topological polar surface area (TPSA) is 50.1 Å². The molecule has 0 atom stereocenters. The van der Waals surface area contributed by atoms with Crippen LogP contribution in [0.4, 0.5) is 19.0 Å². The van der Waals surface area contributed by atoms with Crippen LogP contribution in [0.2, 0.25) is 0 Å². The van der Waals surface area contributed by atoms with Crippen molar-refractivity contribution in [1.82, 2.24) is 24.6 Å². The number of hydrogen-bond acceptors (Lipinski definition) is 5. The number of nitrogens with zero attached hydrogens (tertiary/aromatic N) is 6. The van der Waals surface area contributed by atoms with Crippen molar-refractivity contribution in [3.63, 3.8) is 0 Å². The minimum absolute atomic E-state index is 0.335. The monoisotopic (exact) mass is 416 g/mol. The van der Waals surface area contributed by atoms with Gasteiger partial charge in [-0.15, -0.1) is 10.2 Å². The average Bonchev–Trinajstić information content (AvgIpc) is 3.10. The first kappa shape index (κ1) is 20.3. The van der Waals surface area contributed by atoms with Crippen molar-refractivity contribution in [1.29, 1.82) is 0 Å². The van der Waals surface area contributed by atoms with Crippen LogP contribution in [0, 0.1) is 0 Å². The summed E-state index contributed by atoms with van der Waals surface area (Å²) in [5.41, 5.74) is 1.06. The largest absolute Gasteiger partial charge is 0.433 e. The van der Waals surface area contributed by atoms with E-state index in [2.05, 4.69) is 36.8 Å². The highest BCUT2D eigenvalue weighted by atomic mass is 19.4. The van der Waals surface area contributed by atoms with Gasteiger partial charge < -0.3 is 9.47 Å². The highest BCUT2D eigenvalue weighted by Crippen LogP contribution is 2.31. The van der Waals surface area contributed by atoms with Crippen LogP contribution in [0.1, 0.15) is 28.5 Å². The van der Waals surface area contributed by atoms with E-state index >= 15 is 0 Å². The molecule has 0 aliphatic carbocycles. The molecule has 1 aliphatic rings. The number of fused-ring (bicyclic) bond motifs is 1. The molecule has 3 heterocycles. The summed E-state index contributed by atoms with van der Waals surface area (Å²) in [6.45, 7) is 2.60. The van der Waals surface area contributed by atoms with Crippen molar-refractivity contribution in [2.75, 3.05) is 25.5 Å². The number of alkyl halides is 3. The fourth-order valence-corrected chi connectivity index (χ4v) is 3.70. The molecule has 2 aromatic heterocycles. The van der Waals surface area contributed by atoms with Gasteiger partial charge in [-0.25, -0.2) is 4.98 Å². The maximum atomic E-state index is 13.0. The Labute approximate surface area is 173 Å². The number of rotatable bonds is 5. The summed E-state index contributed by atoms with van der Waals surface area (Å²) in [4.78, 5) is 7.63. The molecule has 158 valence electrons. The van der Waals surface area contributed by atoms with Crippen molar-refractivity contribution in [3.05, 3.63) is 70.9 Å². The molecular weight excluding hydrogens is 393 g/mol. The van der Waals surface area contributed by atoms with Crippen LogP contribution in [-0.2, 0) is 32.2 Å². The first-order valence-electron chi connectivity index (χ1n) is 9.73. The Kier molecular flexibility index (Phi) is 5.46. The van der Waals surface area contributed by atoms with Crippen LogP contribution in [0.25, 0.3) is 0 Å². The molecule has 0 bridgehead atoms. The van der Waals surface area contributed by atoms with Gasteiger partial charge in [-0.2, -0.15) is 13.2 Å². The quantitative estimate of drug-likeness (QED) is 0.638. The van der Waals surface area contributed by atoms with E-state index in [1.165, 1.54) is 11.6 Å². The van der Waals surface area contributed by atoms with Crippen LogP contribution >= 0.6 is 0 Å². The maximum absolute atomic E-state index is 13.0. The molecule has 1 aromatic carbocycles. The highest BCUT2D eigenvalue weighted by Gasteiger charge is 2.33. The van der Waals surface area contributed by atoms with Crippen molar-refractivity contribution < 1.29 is 13.2 Å². The second-order valence-corrected chi connectivity index (χ2v) is 7.63. The molecule has 0 saturated carbocycles. The Morgan fingerprint density at radius 1 is 1.00 bits per heavy atom. The van der Waals surface area contributed by atoms with Gasteiger partial charge in [-0.1, -0.05) is 36.4 Å². The first-order valence-corrected chi connectivity index (χ1v) is 9.73. The molecule has 0 radical (unpaired) electrons. The lowest BCUT2D eigenvalue weighted by atomic mass is 10.1. The second-order valence-electron chi connectivity index (χ2n) is 7.63. The third kappa shape index (κ3) is 4.30. The van der Waals surface area contributed by atoms with E-state index in [-0.39, 0.29) is 0 Å². The van der Waals surface area contributed by atoms with Crippen LogP contribution in [-0.4, -0.2) is 45.3 Å². The second kappa shape index (κ2) is 8.06. The zero-order valence-electron chi connectivity index (χ0n) is 16.9. The minimum atomic E-state index is -4.46. The van der Waals surface area contributed by atoms with Gasteiger partial charge in [0, 0.05) is 45.7 Å². The Hall–Kier alpha value is -2.94. The molecule has 0 unspecified atom stereocenters. The fraction of sp³-hybridized carbons (Fsp3) is 0.381. The molecule has 4 rings (SSSR count).